The second-order valence-electron chi connectivity index (χ2n) is 10.0. The van der Waals surface area contributed by atoms with Crippen LogP contribution in [0.15, 0.2) is 0 Å². The first kappa shape index (κ1) is 39.8. The van der Waals surface area contributed by atoms with Crippen LogP contribution in [0.5, 0.6) is 0 Å². The van der Waals surface area contributed by atoms with E-state index in [2.05, 4.69) is 60.1 Å². The maximum atomic E-state index is 12.5. The largest absolute Gasteiger partial charge is 0.377 e. The van der Waals surface area contributed by atoms with Gasteiger partial charge >= 0.3 is 0 Å². The molecule has 10 nitrogen and oxygen atoms in total. The Kier molecular flexibility index (Phi) is 29.3. The fourth-order valence-electron chi connectivity index (χ4n) is 4.08. The molecule has 0 aromatic heterocycles. The Bertz CT molecular complexity index is 688. The Morgan fingerprint density at radius 2 is 1.10 bits per heavy atom. The van der Waals surface area contributed by atoms with Crippen LogP contribution in [0, 0.1) is 0 Å². The average Bonchev–Trinajstić information content (AvgIpc) is 2.97. The van der Waals surface area contributed by atoms with Crippen LogP contribution >= 0.6 is 31.9 Å². The molecule has 0 aliphatic carbocycles. The summed E-state index contributed by atoms with van der Waals surface area (Å²) in [5.74, 6) is -0.634. The van der Waals surface area contributed by atoms with Crippen LogP contribution in [0.1, 0.15) is 96.8 Å². The molecule has 0 bridgehead atoms. The van der Waals surface area contributed by atoms with Crippen LogP contribution in [0.2, 0.25) is 0 Å². The van der Waals surface area contributed by atoms with Gasteiger partial charge in [-0.1, -0.05) is 103 Å². The van der Waals surface area contributed by atoms with Gasteiger partial charge in [0.15, 0.2) is 0 Å². The van der Waals surface area contributed by atoms with Gasteiger partial charge in [0.25, 0.3) is 0 Å². The SMILES string of the molecule is CCCCCCCCCCCCCC(=O)NCCOCCOCCNC(=O)C(CCCNC(=O)CBr)NC(=O)CBr. The number of amides is 4. The van der Waals surface area contributed by atoms with Crippen LogP contribution in [0.3, 0.4) is 0 Å². The lowest BCUT2D eigenvalue weighted by Crippen LogP contribution is -2.48. The average molecular weight is 715 g/mol. The molecular weight excluding hydrogens is 660 g/mol. The molecule has 41 heavy (non-hydrogen) atoms. The van der Waals surface area contributed by atoms with E-state index in [0.29, 0.717) is 65.3 Å². The molecule has 0 fully saturated rings. The minimum absolute atomic E-state index is 0.0748. The summed E-state index contributed by atoms with van der Waals surface area (Å²) < 4.78 is 11.0. The van der Waals surface area contributed by atoms with E-state index in [1.54, 1.807) is 0 Å². The molecule has 0 spiro atoms. The van der Waals surface area contributed by atoms with Gasteiger partial charge in [-0.15, -0.1) is 0 Å². The normalized spacial score (nSPS) is 11.6. The van der Waals surface area contributed by atoms with E-state index in [9.17, 15) is 19.2 Å². The van der Waals surface area contributed by atoms with E-state index >= 15 is 0 Å². The van der Waals surface area contributed by atoms with Crippen LogP contribution in [-0.4, -0.2) is 86.4 Å². The Hall–Kier alpha value is -1.24. The number of rotatable bonds is 29. The molecule has 0 radical (unpaired) electrons. The third kappa shape index (κ3) is 27.4. The second kappa shape index (κ2) is 30.2. The van der Waals surface area contributed by atoms with Gasteiger partial charge in [0.2, 0.25) is 23.6 Å². The highest BCUT2D eigenvalue weighted by Gasteiger charge is 2.19. The van der Waals surface area contributed by atoms with Gasteiger partial charge in [-0.3, -0.25) is 19.2 Å². The van der Waals surface area contributed by atoms with Crippen LogP contribution in [0.4, 0.5) is 0 Å². The number of carbonyl (C=O) groups excluding carboxylic acids is 4. The summed E-state index contributed by atoms with van der Waals surface area (Å²) in [6.45, 7) is 4.95. The summed E-state index contributed by atoms with van der Waals surface area (Å²) in [5.41, 5.74) is 0. The first-order valence-electron chi connectivity index (χ1n) is 15.3. The number of nitrogens with one attached hydrogen (secondary N) is 4. The monoisotopic (exact) mass is 712 g/mol. The summed E-state index contributed by atoms with van der Waals surface area (Å²) in [5, 5.41) is 11.4. The van der Waals surface area contributed by atoms with Gasteiger partial charge < -0.3 is 30.7 Å². The molecule has 0 heterocycles. The highest BCUT2D eigenvalue weighted by Crippen LogP contribution is 2.11. The molecule has 240 valence electrons. The molecule has 0 rings (SSSR count). The van der Waals surface area contributed by atoms with E-state index in [-0.39, 0.29) is 34.3 Å². The summed E-state index contributed by atoms with van der Waals surface area (Å²) in [7, 11) is 0. The van der Waals surface area contributed by atoms with Gasteiger partial charge in [-0.05, 0) is 19.3 Å². The van der Waals surface area contributed by atoms with Gasteiger partial charge in [-0.2, -0.15) is 0 Å². The van der Waals surface area contributed by atoms with E-state index in [4.69, 9.17) is 9.47 Å². The number of hydrogen-bond acceptors (Lipinski definition) is 6. The van der Waals surface area contributed by atoms with Crippen LogP contribution < -0.4 is 21.3 Å². The van der Waals surface area contributed by atoms with Crippen molar-refractivity contribution >= 4 is 55.5 Å². The Morgan fingerprint density at radius 1 is 0.585 bits per heavy atom. The van der Waals surface area contributed by atoms with Crippen molar-refractivity contribution in [2.75, 3.05) is 56.7 Å². The molecule has 0 aliphatic rings. The van der Waals surface area contributed by atoms with Crippen molar-refractivity contribution in [1.82, 2.24) is 21.3 Å². The number of unbranched alkanes of at least 4 members (excludes halogenated alkanes) is 10. The highest BCUT2D eigenvalue weighted by atomic mass is 79.9. The maximum Gasteiger partial charge on any atom is 0.242 e. The molecule has 0 saturated heterocycles. The Morgan fingerprint density at radius 3 is 1.66 bits per heavy atom. The van der Waals surface area contributed by atoms with Gasteiger partial charge in [0, 0.05) is 26.1 Å². The molecule has 4 amide bonds. The van der Waals surface area contributed by atoms with Gasteiger partial charge in [-0.25, -0.2) is 0 Å². The summed E-state index contributed by atoms with van der Waals surface area (Å²) in [6, 6.07) is -0.686. The minimum Gasteiger partial charge on any atom is -0.377 e. The quantitative estimate of drug-likeness (QED) is 0.0681. The molecule has 4 N–H and O–H groups in total. The van der Waals surface area contributed by atoms with Gasteiger partial charge in [0.1, 0.15) is 6.04 Å². The van der Waals surface area contributed by atoms with Crippen molar-refractivity contribution in [3.05, 3.63) is 0 Å². The molecule has 0 aromatic carbocycles. The molecular formula is C29H54Br2N4O6. The fraction of sp³-hybridized carbons (Fsp3) is 0.862. The Labute approximate surface area is 264 Å². The molecule has 0 aromatic rings. The van der Waals surface area contributed by atoms with E-state index in [1.165, 1.54) is 57.8 Å². The summed E-state index contributed by atoms with van der Waals surface area (Å²) in [6.07, 6.45) is 15.5. The van der Waals surface area contributed by atoms with Crippen molar-refractivity contribution in [3.63, 3.8) is 0 Å². The zero-order chi connectivity index (χ0) is 30.4. The summed E-state index contributed by atoms with van der Waals surface area (Å²) in [4.78, 5) is 47.4. The predicted octanol–water partition coefficient (Wildman–Crippen LogP) is 4.12. The number of carbonyl (C=O) groups is 4. The molecule has 0 aliphatic heterocycles. The highest BCUT2D eigenvalue weighted by molar-refractivity contribution is 9.09. The first-order chi connectivity index (χ1) is 19.9. The van der Waals surface area contributed by atoms with Crippen molar-refractivity contribution < 1.29 is 28.7 Å². The van der Waals surface area contributed by atoms with E-state index in [0.717, 1.165) is 12.8 Å². The van der Waals surface area contributed by atoms with E-state index in [1.807, 2.05) is 0 Å². The zero-order valence-electron chi connectivity index (χ0n) is 25.0. The number of halogens is 2. The minimum atomic E-state index is -0.686. The topological polar surface area (TPSA) is 135 Å². The third-order valence-electron chi connectivity index (χ3n) is 6.38. The lowest BCUT2D eigenvalue weighted by Gasteiger charge is -2.18. The first-order valence-corrected chi connectivity index (χ1v) is 17.6. The summed E-state index contributed by atoms with van der Waals surface area (Å²) >= 11 is 6.16. The number of ether oxygens (including phenoxy) is 2. The third-order valence-corrected chi connectivity index (χ3v) is 7.40. The second-order valence-corrected chi connectivity index (χ2v) is 11.2. The Balaban J connectivity index is 3.67. The van der Waals surface area contributed by atoms with Crippen molar-refractivity contribution in [3.8, 4) is 0 Å². The van der Waals surface area contributed by atoms with Crippen LogP contribution in [0.25, 0.3) is 0 Å². The van der Waals surface area contributed by atoms with Crippen LogP contribution in [-0.2, 0) is 28.7 Å². The molecule has 12 heteroatoms. The van der Waals surface area contributed by atoms with Crippen molar-refractivity contribution in [1.29, 1.82) is 0 Å². The van der Waals surface area contributed by atoms with E-state index < -0.39 is 6.04 Å². The number of alkyl halides is 2. The standard InChI is InChI=1S/C29H54Br2N4O6/c1-2-3-4-5-6-7-8-9-10-11-12-15-26(36)33-17-19-40-21-22-41-20-18-34-29(39)25(35-28(38)24-31)14-13-16-32-27(37)23-30/h25H,2-24H2,1H3,(H,32,37)(H,33,36)(H,34,39)(H,35,38). The smallest absolute Gasteiger partial charge is 0.242 e. The zero-order valence-corrected chi connectivity index (χ0v) is 28.2. The maximum absolute atomic E-state index is 12.5. The fourth-order valence-corrected chi connectivity index (χ4v) is 4.44. The van der Waals surface area contributed by atoms with Crippen molar-refractivity contribution in [2.45, 2.75) is 103 Å². The molecule has 1 unspecified atom stereocenters. The number of hydrogen-bond donors (Lipinski definition) is 4. The van der Waals surface area contributed by atoms with Gasteiger partial charge in [0.05, 0.1) is 37.1 Å². The lowest BCUT2D eigenvalue weighted by molar-refractivity contribution is -0.128. The molecule has 1 atom stereocenters. The molecule has 0 saturated carbocycles. The lowest BCUT2D eigenvalue weighted by atomic mass is 10.1. The van der Waals surface area contributed by atoms with Crippen molar-refractivity contribution in [2.24, 2.45) is 0 Å². The predicted molar refractivity (Wildman–Crippen MR) is 170 cm³/mol.